The van der Waals surface area contributed by atoms with E-state index < -0.39 is 0 Å². The Bertz CT molecular complexity index is 674. The van der Waals surface area contributed by atoms with Crippen LogP contribution in [0.1, 0.15) is 12.5 Å². The maximum atomic E-state index is 9.40. The van der Waals surface area contributed by atoms with Crippen LogP contribution < -0.4 is 4.90 Å². The Morgan fingerprint density at radius 2 is 2.10 bits per heavy atom. The molecule has 1 aliphatic heterocycles. The highest BCUT2D eigenvalue weighted by Gasteiger charge is 2.24. The summed E-state index contributed by atoms with van der Waals surface area (Å²) in [6.45, 7) is 5.13. The van der Waals surface area contributed by atoms with Crippen molar-refractivity contribution in [2.75, 3.05) is 31.6 Å². The van der Waals surface area contributed by atoms with Gasteiger partial charge in [0, 0.05) is 37.3 Å². The standard InChI is InChI=1S/C16H18N4/c1-12-11-20(8-7-19(12)2)16-13(9-17)10-18-15-6-4-3-5-14(15)16/h3-6,10,12H,7-8,11H2,1-2H3. The normalized spacial score (nSPS) is 20.1. The Hall–Kier alpha value is -2.12. The van der Waals surface area contributed by atoms with E-state index in [1.165, 1.54) is 0 Å². The Balaban J connectivity index is 2.12. The number of aromatic nitrogens is 1. The zero-order valence-electron chi connectivity index (χ0n) is 11.9. The lowest BCUT2D eigenvalue weighted by Gasteiger charge is -2.39. The minimum absolute atomic E-state index is 0.488. The van der Waals surface area contributed by atoms with E-state index in [1.54, 1.807) is 6.20 Å². The van der Waals surface area contributed by atoms with Crippen molar-refractivity contribution < 1.29 is 0 Å². The molecule has 2 heterocycles. The van der Waals surface area contributed by atoms with Crippen LogP contribution in [-0.4, -0.2) is 42.6 Å². The van der Waals surface area contributed by atoms with Gasteiger partial charge in [0.2, 0.25) is 0 Å². The summed E-state index contributed by atoms with van der Waals surface area (Å²) in [5.41, 5.74) is 2.66. The maximum absolute atomic E-state index is 9.40. The second-order valence-corrected chi connectivity index (χ2v) is 5.43. The van der Waals surface area contributed by atoms with E-state index in [-0.39, 0.29) is 0 Å². The highest BCUT2D eigenvalue weighted by Crippen LogP contribution is 2.30. The summed E-state index contributed by atoms with van der Waals surface area (Å²) in [6, 6.07) is 10.8. The molecule has 1 atom stereocenters. The van der Waals surface area contributed by atoms with E-state index in [0.717, 1.165) is 36.2 Å². The topological polar surface area (TPSA) is 43.2 Å². The second kappa shape index (κ2) is 5.10. The zero-order chi connectivity index (χ0) is 14.1. The Labute approximate surface area is 119 Å². The summed E-state index contributed by atoms with van der Waals surface area (Å²) >= 11 is 0. The number of likely N-dealkylation sites (N-methyl/N-ethyl adjacent to an activating group) is 1. The van der Waals surface area contributed by atoms with Crippen molar-refractivity contribution in [3.05, 3.63) is 36.0 Å². The third-order valence-electron chi connectivity index (χ3n) is 4.14. The smallest absolute Gasteiger partial charge is 0.103 e. The van der Waals surface area contributed by atoms with Crippen LogP contribution in [-0.2, 0) is 0 Å². The van der Waals surface area contributed by atoms with Gasteiger partial charge in [-0.15, -0.1) is 0 Å². The van der Waals surface area contributed by atoms with Gasteiger partial charge in [-0.3, -0.25) is 4.98 Å². The third kappa shape index (κ3) is 2.10. The van der Waals surface area contributed by atoms with Crippen molar-refractivity contribution in [2.45, 2.75) is 13.0 Å². The van der Waals surface area contributed by atoms with Crippen LogP contribution >= 0.6 is 0 Å². The van der Waals surface area contributed by atoms with E-state index in [1.807, 2.05) is 18.2 Å². The van der Waals surface area contributed by atoms with Gasteiger partial charge in [0.15, 0.2) is 0 Å². The molecule has 1 aromatic heterocycles. The predicted octanol–water partition coefficient (Wildman–Crippen LogP) is 2.25. The van der Waals surface area contributed by atoms with Crippen LogP contribution in [0.3, 0.4) is 0 Å². The summed E-state index contributed by atoms with van der Waals surface area (Å²) in [6.07, 6.45) is 1.70. The first-order valence-electron chi connectivity index (χ1n) is 6.93. The van der Waals surface area contributed by atoms with Crippen molar-refractivity contribution >= 4 is 16.6 Å². The number of anilines is 1. The van der Waals surface area contributed by atoms with Gasteiger partial charge >= 0.3 is 0 Å². The van der Waals surface area contributed by atoms with Gasteiger partial charge in [0.25, 0.3) is 0 Å². The molecule has 1 fully saturated rings. The van der Waals surface area contributed by atoms with Gasteiger partial charge in [0.1, 0.15) is 6.07 Å². The van der Waals surface area contributed by atoms with E-state index in [4.69, 9.17) is 0 Å². The van der Waals surface area contributed by atoms with E-state index in [0.29, 0.717) is 11.6 Å². The Morgan fingerprint density at radius 3 is 2.85 bits per heavy atom. The molecule has 1 aliphatic rings. The van der Waals surface area contributed by atoms with Gasteiger partial charge in [0.05, 0.1) is 16.8 Å². The molecule has 0 radical (unpaired) electrons. The first kappa shape index (κ1) is 12.9. The second-order valence-electron chi connectivity index (χ2n) is 5.43. The number of hydrogen-bond acceptors (Lipinski definition) is 4. The molecule has 4 heteroatoms. The number of piperazine rings is 1. The fourth-order valence-corrected chi connectivity index (χ4v) is 2.80. The Morgan fingerprint density at radius 1 is 1.30 bits per heavy atom. The van der Waals surface area contributed by atoms with Crippen LogP contribution in [0, 0.1) is 11.3 Å². The SMILES string of the molecule is CC1CN(c2c(C#N)cnc3ccccc23)CCN1C. The number of fused-ring (bicyclic) bond motifs is 1. The molecular formula is C16H18N4. The van der Waals surface area contributed by atoms with Crippen LogP contribution in [0.5, 0.6) is 0 Å². The number of pyridine rings is 1. The summed E-state index contributed by atoms with van der Waals surface area (Å²) in [5.74, 6) is 0. The number of hydrogen-bond donors (Lipinski definition) is 0. The van der Waals surface area contributed by atoms with Crippen LogP contribution in [0.25, 0.3) is 10.9 Å². The monoisotopic (exact) mass is 266 g/mol. The number of nitriles is 1. The summed E-state index contributed by atoms with van der Waals surface area (Å²) in [5, 5.41) is 10.5. The number of para-hydroxylation sites is 1. The third-order valence-corrected chi connectivity index (χ3v) is 4.14. The molecule has 0 spiro atoms. The van der Waals surface area contributed by atoms with Gasteiger partial charge < -0.3 is 9.80 Å². The van der Waals surface area contributed by atoms with Crippen molar-refractivity contribution in [1.82, 2.24) is 9.88 Å². The fraction of sp³-hybridized carbons (Fsp3) is 0.375. The molecule has 0 aliphatic carbocycles. The van der Waals surface area contributed by atoms with E-state index in [2.05, 4.69) is 40.9 Å². The number of nitrogens with zero attached hydrogens (tertiary/aromatic N) is 4. The fourth-order valence-electron chi connectivity index (χ4n) is 2.80. The quantitative estimate of drug-likeness (QED) is 0.794. The van der Waals surface area contributed by atoms with Crippen molar-refractivity contribution in [3.63, 3.8) is 0 Å². The lowest BCUT2D eigenvalue weighted by Crippen LogP contribution is -2.50. The summed E-state index contributed by atoms with van der Waals surface area (Å²) in [4.78, 5) is 9.06. The molecule has 0 bridgehead atoms. The molecular weight excluding hydrogens is 248 g/mol. The van der Waals surface area contributed by atoms with Crippen molar-refractivity contribution in [3.8, 4) is 6.07 Å². The molecule has 2 aromatic rings. The minimum Gasteiger partial charge on any atom is -0.367 e. The molecule has 4 nitrogen and oxygen atoms in total. The number of rotatable bonds is 1. The van der Waals surface area contributed by atoms with Gasteiger partial charge in [-0.25, -0.2) is 0 Å². The molecule has 3 rings (SSSR count). The molecule has 102 valence electrons. The van der Waals surface area contributed by atoms with Crippen LogP contribution in [0.4, 0.5) is 5.69 Å². The molecule has 0 saturated carbocycles. The van der Waals surface area contributed by atoms with Crippen molar-refractivity contribution in [1.29, 1.82) is 5.26 Å². The summed E-state index contributed by atoms with van der Waals surface area (Å²) < 4.78 is 0. The van der Waals surface area contributed by atoms with E-state index in [9.17, 15) is 5.26 Å². The predicted molar refractivity (Wildman–Crippen MR) is 80.8 cm³/mol. The number of benzene rings is 1. The van der Waals surface area contributed by atoms with Gasteiger partial charge in [-0.1, -0.05) is 18.2 Å². The highest BCUT2D eigenvalue weighted by molar-refractivity contribution is 5.94. The first-order chi connectivity index (χ1) is 9.70. The van der Waals surface area contributed by atoms with E-state index >= 15 is 0 Å². The minimum atomic E-state index is 0.488. The highest BCUT2D eigenvalue weighted by atomic mass is 15.3. The molecule has 1 aromatic carbocycles. The first-order valence-corrected chi connectivity index (χ1v) is 6.93. The molecule has 0 amide bonds. The molecule has 1 unspecified atom stereocenters. The average molecular weight is 266 g/mol. The van der Waals surface area contributed by atoms with Gasteiger partial charge in [-0.05, 0) is 20.0 Å². The van der Waals surface area contributed by atoms with Crippen LogP contribution in [0.2, 0.25) is 0 Å². The maximum Gasteiger partial charge on any atom is 0.103 e. The molecule has 20 heavy (non-hydrogen) atoms. The lowest BCUT2D eigenvalue weighted by molar-refractivity contribution is 0.234. The zero-order valence-corrected chi connectivity index (χ0v) is 11.9. The summed E-state index contributed by atoms with van der Waals surface area (Å²) in [7, 11) is 2.15. The average Bonchev–Trinajstić information content (AvgIpc) is 2.49. The molecule has 0 N–H and O–H groups in total. The molecule has 1 saturated heterocycles. The Kier molecular flexibility index (Phi) is 3.29. The lowest BCUT2D eigenvalue weighted by atomic mass is 10.1. The van der Waals surface area contributed by atoms with Crippen LogP contribution in [0.15, 0.2) is 30.5 Å². The van der Waals surface area contributed by atoms with Crippen molar-refractivity contribution in [2.24, 2.45) is 0 Å². The largest absolute Gasteiger partial charge is 0.367 e. The van der Waals surface area contributed by atoms with Gasteiger partial charge in [-0.2, -0.15) is 5.26 Å².